The van der Waals surface area contributed by atoms with Crippen LogP contribution in [0.4, 0.5) is 0 Å². The summed E-state index contributed by atoms with van der Waals surface area (Å²) in [6.45, 7) is 0.447. The number of unbranched alkanes of at least 4 members (excludes halogenated alkanes) is 1. The maximum Gasteiger partial charge on any atom is 0.321 e. The van der Waals surface area contributed by atoms with Crippen LogP contribution in [0, 0.1) is 0 Å². The van der Waals surface area contributed by atoms with Crippen molar-refractivity contribution in [2.24, 2.45) is 5.73 Å². The summed E-state index contributed by atoms with van der Waals surface area (Å²) in [7, 11) is -3.93. The lowest BCUT2D eigenvalue weighted by Gasteiger charge is -2.15. The second kappa shape index (κ2) is 7.54. The van der Waals surface area contributed by atoms with E-state index in [9.17, 15) is 18.3 Å². The van der Waals surface area contributed by atoms with Gasteiger partial charge in [0.05, 0.1) is 4.90 Å². The van der Waals surface area contributed by atoms with Gasteiger partial charge in [-0.2, -0.15) is 4.72 Å². The first-order chi connectivity index (χ1) is 11.0. The highest BCUT2D eigenvalue weighted by Crippen LogP contribution is 2.23. The zero-order valence-corrected chi connectivity index (χ0v) is 13.4. The van der Waals surface area contributed by atoms with E-state index in [1.54, 1.807) is 18.2 Å². The molecular formula is C16H20N2O4S. The summed E-state index contributed by atoms with van der Waals surface area (Å²) in [6, 6.07) is 10.8. The van der Waals surface area contributed by atoms with Gasteiger partial charge in [0, 0.05) is 5.39 Å². The van der Waals surface area contributed by atoms with Gasteiger partial charge in [0.15, 0.2) is 0 Å². The molecule has 0 aromatic heterocycles. The monoisotopic (exact) mass is 336 g/mol. The van der Waals surface area contributed by atoms with Crippen LogP contribution in [0.2, 0.25) is 0 Å². The topological polar surface area (TPSA) is 109 Å². The fourth-order valence-corrected chi connectivity index (χ4v) is 3.86. The van der Waals surface area contributed by atoms with Crippen molar-refractivity contribution in [3.63, 3.8) is 0 Å². The number of carboxylic acids is 1. The summed E-state index contributed by atoms with van der Waals surface area (Å²) in [5.41, 5.74) is 5.39. The largest absolute Gasteiger partial charge is 0.480 e. The van der Waals surface area contributed by atoms with Crippen LogP contribution in [0.25, 0.3) is 10.8 Å². The zero-order chi connectivity index (χ0) is 16.9. The first kappa shape index (κ1) is 17.4. The lowest BCUT2D eigenvalue weighted by molar-refractivity contribution is -0.139. The number of carbonyl (C=O) groups is 1. The van der Waals surface area contributed by atoms with Crippen LogP contribution in [0.3, 0.4) is 0 Å². The Morgan fingerprint density at radius 2 is 1.83 bits per heavy atom. The van der Waals surface area contributed by atoms with Crippen molar-refractivity contribution in [1.82, 2.24) is 4.72 Å². The van der Waals surface area contributed by atoms with Gasteiger partial charge in [0.1, 0.15) is 6.04 Å². The maximum absolute atomic E-state index is 12.6. The van der Waals surface area contributed by atoms with E-state index in [0.717, 1.165) is 5.39 Å². The van der Waals surface area contributed by atoms with Crippen molar-refractivity contribution in [2.45, 2.75) is 30.2 Å². The van der Waals surface area contributed by atoms with Gasteiger partial charge >= 0.3 is 5.97 Å². The van der Waals surface area contributed by atoms with Crippen LogP contribution >= 0.6 is 0 Å². The molecule has 23 heavy (non-hydrogen) atoms. The molecule has 4 N–H and O–H groups in total. The van der Waals surface area contributed by atoms with Gasteiger partial charge in [-0.25, -0.2) is 8.42 Å². The van der Waals surface area contributed by atoms with Crippen LogP contribution < -0.4 is 10.5 Å². The van der Waals surface area contributed by atoms with E-state index in [1.165, 1.54) is 6.07 Å². The summed E-state index contributed by atoms with van der Waals surface area (Å²) < 4.78 is 27.5. The quantitative estimate of drug-likeness (QED) is 0.636. The van der Waals surface area contributed by atoms with E-state index >= 15 is 0 Å². The molecule has 0 spiro atoms. The van der Waals surface area contributed by atoms with Crippen molar-refractivity contribution in [3.05, 3.63) is 42.5 Å². The van der Waals surface area contributed by atoms with Crippen molar-refractivity contribution in [3.8, 4) is 0 Å². The lowest BCUT2D eigenvalue weighted by atomic mass is 10.1. The third kappa shape index (κ3) is 4.28. The smallest absolute Gasteiger partial charge is 0.321 e. The van der Waals surface area contributed by atoms with Crippen molar-refractivity contribution in [2.75, 3.05) is 6.54 Å². The van der Waals surface area contributed by atoms with Gasteiger partial charge in [-0.3, -0.25) is 4.79 Å². The molecular weight excluding hydrogens is 316 g/mol. The highest BCUT2D eigenvalue weighted by atomic mass is 32.2. The predicted molar refractivity (Wildman–Crippen MR) is 88.6 cm³/mol. The molecule has 0 bridgehead atoms. The third-order valence-electron chi connectivity index (χ3n) is 3.58. The Morgan fingerprint density at radius 1 is 1.13 bits per heavy atom. The number of carboxylic acid groups (broad SMARTS) is 1. The second-order valence-electron chi connectivity index (χ2n) is 5.27. The minimum atomic E-state index is -3.93. The lowest BCUT2D eigenvalue weighted by Crippen LogP contribution is -2.40. The number of aliphatic carboxylic acids is 1. The number of nitrogens with one attached hydrogen (secondary N) is 1. The molecule has 7 heteroatoms. The standard InChI is InChI=1S/C16H20N2O4S/c17-11-4-3-9-14(16(19)20)18-23(21,22)15-10-5-7-12-6-1-2-8-13(12)15/h1-2,5-8,10,14,18H,3-4,9,11,17H2,(H,19,20)/t14-/m0/s1. The average molecular weight is 336 g/mol. The van der Waals surface area contributed by atoms with Gasteiger partial charge in [0.2, 0.25) is 10.0 Å². The van der Waals surface area contributed by atoms with Crippen LogP contribution in [-0.2, 0) is 14.8 Å². The molecule has 0 saturated heterocycles. The molecule has 0 aliphatic heterocycles. The molecule has 0 radical (unpaired) electrons. The van der Waals surface area contributed by atoms with Crippen molar-refractivity contribution >= 4 is 26.8 Å². The van der Waals surface area contributed by atoms with Crippen LogP contribution in [-0.4, -0.2) is 32.1 Å². The van der Waals surface area contributed by atoms with E-state index in [-0.39, 0.29) is 11.3 Å². The van der Waals surface area contributed by atoms with Gasteiger partial charge in [-0.15, -0.1) is 0 Å². The summed E-state index contributed by atoms with van der Waals surface area (Å²) in [5, 5.41) is 10.6. The van der Waals surface area contributed by atoms with Crippen molar-refractivity contribution in [1.29, 1.82) is 0 Å². The zero-order valence-electron chi connectivity index (χ0n) is 12.6. The summed E-state index contributed by atoms with van der Waals surface area (Å²) in [5.74, 6) is -1.19. The normalized spacial score (nSPS) is 13.1. The molecule has 0 fully saturated rings. The number of nitrogens with two attached hydrogens (primary N) is 1. The molecule has 0 aliphatic carbocycles. The molecule has 0 aliphatic rings. The molecule has 2 aromatic carbocycles. The number of hydrogen-bond donors (Lipinski definition) is 3. The Bertz CT molecular complexity index is 784. The van der Waals surface area contributed by atoms with Gasteiger partial charge in [-0.05, 0) is 30.8 Å². The van der Waals surface area contributed by atoms with Gasteiger partial charge in [-0.1, -0.05) is 42.8 Å². The van der Waals surface area contributed by atoms with Gasteiger partial charge in [0.25, 0.3) is 0 Å². The van der Waals surface area contributed by atoms with E-state index in [4.69, 9.17) is 5.73 Å². The molecule has 1 atom stereocenters. The Kier molecular flexibility index (Phi) is 5.70. The van der Waals surface area contributed by atoms with Crippen LogP contribution in [0.15, 0.2) is 47.4 Å². The number of hydrogen-bond acceptors (Lipinski definition) is 4. The van der Waals surface area contributed by atoms with Crippen molar-refractivity contribution < 1.29 is 18.3 Å². The van der Waals surface area contributed by atoms with E-state index in [2.05, 4.69) is 4.72 Å². The summed E-state index contributed by atoms with van der Waals surface area (Å²) in [6.07, 6.45) is 1.40. The van der Waals surface area contributed by atoms with E-state index in [1.807, 2.05) is 18.2 Å². The minimum Gasteiger partial charge on any atom is -0.480 e. The molecule has 6 nitrogen and oxygen atoms in total. The molecule has 0 heterocycles. The molecule has 0 unspecified atom stereocenters. The highest BCUT2D eigenvalue weighted by Gasteiger charge is 2.26. The first-order valence-electron chi connectivity index (χ1n) is 7.38. The van der Waals surface area contributed by atoms with E-state index in [0.29, 0.717) is 24.8 Å². The Hall–Kier alpha value is -1.96. The molecule has 2 rings (SSSR count). The third-order valence-corrected chi connectivity index (χ3v) is 5.11. The SMILES string of the molecule is NCCCC[C@H](NS(=O)(=O)c1cccc2ccccc12)C(=O)O. The average Bonchev–Trinajstić information content (AvgIpc) is 2.53. The fraction of sp³-hybridized carbons (Fsp3) is 0.312. The number of rotatable bonds is 8. The van der Waals surface area contributed by atoms with E-state index < -0.39 is 22.0 Å². The Balaban J connectivity index is 2.30. The Morgan fingerprint density at radius 3 is 2.52 bits per heavy atom. The number of sulfonamides is 1. The fourth-order valence-electron chi connectivity index (χ4n) is 2.41. The van der Waals surface area contributed by atoms with Crippen LogP contribution in [0.5, 0.6) is 0 Å². The van der Waals surface area contributed by atoms with Gasteiger partial charge < -0.3 is 10.8 Å². The first-order valence-corrected chi connectivity index (χ1v) is 8.87. The molecule has 2 aromatic rings. The molecule has 0 amide bonds. The summed E-state index contributed by atoms with van der Waals surface area (Å²) in [4.78, 5) is 11.4. The van der Waals surface area contributed by atoms with Crippen LogP contribution in [0.1, 0.15) is 19.3 Å². The Labute approximate surface area is 135 Å². The molecule has 0 saturated carbocycles. The predicted octanol–water partition coefficient (Wildman–Crippen LogP) is 1.70. The second-order valence-corrected chi connectivity index (χ2v) is 6.96. The minimum absolute atomic E-state index is 0.0840. The summed E-state index contributed by atoms with van der Waals surface area (Å²) >= 11 is 0. The molecule has 124 valence electrons. The maximum atomic E-state index is 12.6. The highest BCUT2D eigenvalue weighted by molar-refractivity contribution is 7.89. The number of fused-ring (bicyclic) bond motifs is 1. The number of benzene rings is 2.